The maximum absolute atomic E-state index is 13.8. The summed E-state index contributed by atoms with van der Waals surface area (Å²) < 4.78 is 53.1. The first-order valence-electron chi connectivity index (χ1n) is 6.60. The van der Waals surface area contributed by atoms with Crippen molar-refractivity contribution < 1.29 is 22.3 Å². The molecule has 0 spiro atoms. The van der Waals surface area contributed by atoms with Crippen molar-refractivity contribution in [3.8, 4) is 0 Å². The van der Waals surface area contributed by atoms with E-state index in [0.717, 1.165) is 16.4 Å². The third-order valence-corrected chi connectivity index (χ3v) is 4.89. The molecular weight excluding hydrogens is 312 g/mol. The maximum atomic E-state index is 13.8. The monoisotopic (exact) mass is 327 g/mol. The van der Waals surface area contributed by atoms with Crippen LogP contribution >= 0.6 is 0 Å². The number of halogens is 2. The SMILES string of the molecule is O=S(=O)(c1ccc(F)cc1F)N(CCCO)c1ccccc1. The molecule has 0 fully saturated rings. The van der Waals surface area contributed by atoms with E-state index in [1.54, 1.807) is 30.3 Å². The van der Waals surface area contributed by atoms with E-state index in [2.05, 4.69) is 0 Å². The Hall–Kier alpha value is -1.99. The van der Waals surface area contributed by atoms with Crippen LogP contribution < -0.4 is 4.31 Å². The van der Waals surface area contributed by atoms with Crippen molar-refractivity contribution in [1.82, 2.24) is 0 Å². The van der Waals surface area contributed by atoms with Gasteiger partial charge in [0, 0.05) is 19.2 Å². The fraction of sp³-hybridized carbons (Fsp3) is 0.200. The molecule has 0 bridgehead atoms. The molecule has 0 aliphatic heterocycles. The first-order chi connectivity index (χ1) is 10.5. The first kappa shape index (κ1) is 16.4. The van der Waals surface area contributed by atoms with Crippen LogP contribution in [0.3, 0.4) is 0 Å². The summed E-state index contributed by atoms with van der Waals surface area (Å²) in [5.41, 5.74) is 0.347. The largest absolute Gasteiger partial charge is 0.396 e. The van der Waals surface area contributed by atoms with Gasteiger partial charge in [0.05, 0.1) is 5.69 Å². The lowest BCUT2D eigenvalue weighted by molar-refractivity contribution is 0.291. The van der Waals surface area contributed by atoms with Gasteiger partial charge in [-0.05, 0) is 30.7 Å². The van der Waals surface area contributed by atoms with Crippen molar-refractivity contribution in [2.75, 3.05) is 17.5 Å². The van der Waals surface area contributed by atoms with Gasteiger partial charge in [0.15, 0.2) is 0 Å². The number of hydrogen-bond donors (Lipinski definition) is 1. The molecule has 0 unspecified atom stereocenters. The molecule has 0 heterocycles. The summed E-state index contributed by atoms with van der Waals surface area (Å²) in [6, 6.07) is 10.5. The second kappa shape index (κ2) is 6.85. The Labute approximate surface area is 127 Å². The van der Waals surface area contributed by atoms with Crippen LogP contribution in [-0.2, 0) is 10.0 Å². The summed E-state index contributed by atoms with van der Waals surface area (Å²) in [7, 11) is -4.19. The Bertz CT molecular complexity index is 736. The highest BCUT2D eigenvalue weighted by molar-refractivity contribution is 7.92. The van der Waals surface area contributed by atoms with Gasteiger partial charge in [-0.3, -0.25) is 4.31 Å². The van der Waals surface area contributed by atoms with Crippen molar-refractivity contribution in [3.05, 3.63) is 60.2 Å². The van der Waals surface area contributed by atoms with E-state index in [1.807, 2.05) is 0 Å². The highest BCUT2D eigenvalue weighted by Crippen LogP contribution is 2.25. The van der Waals surface area contributed by atoms with E-state index in [9.17, 15) is 17.2 Å². The first-order valence-corrected chi connectivity index (χ1v) is 8.04. The Kier molecular flexibility index (Phi) is 5.10. The van der Waals surface area contributed by atoms with E-state index < -0.39 is 26.6 Å². The molecule has 0 amide bonds. The number of rotatable bonds is 6. The normalized spacial score (nSPS) is 11.4. The summed E-state index contributed by atoms with van der Waals surface area (Å²) >= 11 is 0. The Morgan fingerprint density at radius 2 is 1.73 bits per heavy atom. The second-order valence-electron chi connectivity index (χ2n) is 4.56. The summed E-state index contributed by atoms with van der Waals surface area (Å²) in [5.74, 6) is -2.00. The number of para-hydroxylation sites is 1. The molecule has 0 aliphatic rings. The molecule has 7 heteroatoms. The van der Waals surface area contributed by atoms with Gasteiger partial charge < -0.3 is 5.11 Å². The molecule has 0 aliphatic carbocycles. The highest BCUT2D eigenvalue weighted by atomic mass is 32.2. The van der Waals surface area contributed by atoms with Gasteiger partial charge in [-0.2, -0.15) is 0 Å². The topological polar surface area (TPSA) is 57.6 Å². The molecule has 2 aromatic carbocycles. The predicted molar refractivity (Wildman–Crippen MR) is 79.0 cm³/mol. The van der Waals surface area contributed by atoms with Gasteiger partial charge in [-0.1, -0.05) is 18.2 Å². The minimum Gasteiger partial charge on any atom is -0.396 e. The third-order valence-electron chi connectivity index (χ3n) is 3.03. The predicted octanol–water partition coefficient (Wildman–Crippen LogP) is 2.54. The van der Waals surface area contributed by atoms with Crippen LogP contribution in [0.1, 0.15) is 6.42 Å². The Morgan fingerprint density at radius 3 is 2.32 bits per heavy atom. The fourth-order valence-corrected chi connectivity index (χ4v) is 3.55. The van der Waals surface area contributed by atoms with Gasteiger partial charge in [-0.25, -0.2) is 17.2 Å². The zero-order valence-electron chi connectivity index (χ0n) is 11.6. The van der Waals surface area contributed by atoms with Crippen LogP contribution in [0.4, 0.5) is 14.5 Å². The molecule has 0 saturated heterocycles. The number of hydrogen-bond acceptors (Lipinski definition) is 3. The van der Waals surface area contributed by atoms with Crippen LogP contribution in [0.25, 0.3) is 0 Å². The zero-order chi connectivity index (χ0) is 16.2. The molecule has 118 valence electrons. The van der Waals surface area contributed by atoms with Crippen molar-refractivity contribution in [1.29, 1.82) is 0 Å². The summed E-state index contributed by atoms with van der Waals surface area (Å²) in [6.07, 6.45) is 0.191. The second-order valence-corrected chi connectivity index (χ2v) is 6.40. The molecule has 22 heavy (non-hydrogen) atoms. The minimum absolute atomic E-state index is 0.0142. The molecule has 2 rings (SSSR count). The van der Waals surface area contributed by atoms with Crippen LogP contribution in [0.5, 0.6) is 0 Å². The van der Waals surface area contributed by atoms with Crippen LogP contribution in [0.15, 0.2) is 53.4 Å². The third kappa shape index (κ3) is 3.42. The van der Waals surface area contributed by atoms with Gasteiger partial charge in [-0.15, -0.1) is 0 Å². The smallest absolute Gasteiger partial charge is 0.267 e. The molecule has 0 radical (unpaired) electrons. The number of sulfonamides is 1. The van der Waals surface area contributed by atoms with E-state index in [0.29, 0.717) is 11.8 Å². The standard InChI is InChI=1S/C15H15F2NO3S/c16-12-7-8-15(14(17)11-12)22(20,21)18(9-4-10-19)13-5-2-1-3-6-13/h1-3,5-8,11,19H,4,9-10H2. The lowest BCUT2D eigenvalue weighted by Crippen LogP contribution is -2.33. The fourth-order valence-electron chi connectivity index (χ4n) is 2.00. The van der Waals surface area contributed by atoms with E-state index in [-0.39, 0.29) is 19.6 Å². The van der Waals surface area contributed by atoms with E-state index >= 15 is 0 Å². The van der Waals surface area contributed by atoms with Crippen molar-refractivity contribution in [2.45, 2.75) is 11.3 Å². The van der Waals surface area contributed by atoms with Gasteiger partial charge >= 0.3 is 0 Å². The van der Waals surface area contributed by atoms with E-state index in [1.165, 1.54) is 0 Å². The Balaban J connectivity index is 2.49. The average Bonchev–Trinajstić information content (AvgIpc) is 2.48. The lowest BCUT2D eigenvalue weighted by Gasteiger charge is -2.24. The van der Waals surface area contributed by atoms with E-state index in [4.69, 9.17) is 5.11 Å². The molecule has 0 atom stereocenters. The van der Waals surface area contributed by atoms with Gasteiger partial charge in [0.2, 0.25) is 0 Å². The van der Waals surface area contributed by atoms with Gasteiger partial charge in [0.1, 0.15) is 16.5 Å². The number of nitrogens with zero attached hydrogens (tertiary/aromatic N) is 1. The minimum atomic E-state index is -4.19. The van der Waals surface area contributed by atoms with Crippen LogP contribution in [0, 0.1) is 11.6 Å². The van der Waals surface area contributed by atoms with Gasteiger partial charge in [0.25, 0.3) is 10.0 Å². The molecule has 2 aromatic rings. The van der Waals surface area contributed by atoms with Crippen molar-refractivity contribution in [2.24, 2.45) is 0 Å². The quantitative estimate of drug-likeness (QED) is 0.887. The number of aliphatic hydroxyl groups is 1. The van der Waals surface area contributed by atoms with Crippen LogP contribution in [-0.4, -0.2) is 26.7 Å². The lowest BCUT2D eigenvalue weighted by atomic mass is 10.3. The molecule has 0 saturated carbocycles. The maximum Gasteiger partial charge on any atom is 0.267 e. The van der Waals surface area contributed by atoms with Crippen molar-refractivity contribution in [3.63, 3.8) is 0 Å². The molecule has 0 aromatic heterocycles. The zero-order valence-corrected chi connectivity index (χ0v) is 12.4. The highest BCUT2D eigenvalue weighted by Gasteiger charge is 2.27. The summed E-state index contributed by atoms with van der Waals surface area (Å²) in [6.45, 7) is -0.218. The number of benzene rings is 2. The van der Waals surface area contributed by atoms with Crippen LogP contribution in [0.2, 0.25) is 0 Å². The summed E-state index contributed by atoms with van der Waals surface area (Å²) in [4.78, 5) is -0.601. The number of aliphatic hydroxyl groups excluding tert-OH is 1. The summed E-state index contributed by atoms with van der Waals surface area (Å²) in [5, 5.41) is 8.94. The Morgan fingerprint density at radius 1 is 1.05 bits per heavy atom. The average molecular weight is 327 g/mol. The molecule has 1 N–H and O–H groups in total. The van der Waals surface area contributed by atoms with Crippen molar-refractivity contribution >= 4 is 15.7 Å². The molecule has 4 nitrogen and oxygen atoms in total. The molecular formula is C15H15F2NO3S. The number of anilines is 1.